The predicted octanol–water partition coefficient (Wildman–Crippen LogP) is 5.08. The predicted molar refractivity (Wildman–Crippen MR) is 138 cm³/mol. The Morgan fingerprint density at radius 1 is 1.11 bits per heavy atom. The maximum Gasteiger partial charge on any atom is 0.322 e. The number of Topliss-reactive ketones (excluding diaryl/α,β-unsaturated/α-hetero) is 1. The number of hydrogen-bond donors (Lipinski definition) is 2. The van der Waals surface area contributed by atoms with Crippen molar-refractivity contribution in [1.82, 2.24) is 9.97 Å². The van der Waals surface area contributed by atoms with Gasteiger partial charge in [-0.05, 0) is 28.8 Å². The quantitative estimate of drug-likeness (QED) is 0.213. The number of fused-ring (bicyclic) bond motifs is 1. The molecule has 7 nitrogen and oxygen atoms in total. The number of carbonyl (C=O) groups is 2. The summed E-state index contributed by atoms with van der Waals surface area (Å²) in [5.74, 6) is -0.672. The summed E-state index contributed by atoms with van der Waals surface area (Å²) in [5.41, 5.74) is 8.56. The third kappa shape index (κ3) is 5.05. The minimum atomic E-state index is -0.919. The summed E-state index contributed by atoms with van der Waals surface area (Å²) in [5, 5.41) is 2.07. The smallest absolute Gasteiger partial charge is 0.322 e. The van der Waals surface area contributed by atoms with Crippen LogP contribution in [0.25, 0.3) is 21.9 Å². The molecule has 35 heavy (non-hydrogen) atoms. The molecule has 0 aliphatic carbocycles. The molecule has 0 spiro atoms. The number of imidazole rings is 1. The van der Waals surface area contributed by atoms with Gasteiger partial charge in [-0.2, -0.15) is 0 Å². The second-order valence-electron chi connectivity index (χ2n) is 9.03. The second kappa shape index (κ2) is 10.0. The minimum Gasteiger partial charge on any atom is -0.468 e. The highest BCUT2D eigenvalue weighted by Gasteiger charge is 2.35. The standard InChI is InChI=1S/C28H28N4O3/c1-28(2,14-23(29)27(34)35-3)26(33)22-12-7-13-24(31-16-19-15-30-17-32-19)25(22)21-11-6-9-18-8-4-5-10-20(18)21/h4-13,15-17,23H,14,29H2,1-3H3,(H,30,32)/t23-/m0/s1. The van der Waals surface area contributed by atoms with Crippen LogP contribution in [0.15, 0.2) is 78.2 Å². The Morgan fingerprint density at radius 3 is 2.60 bits per heavy atom. The number of aromatic nitrogens is 2. The molecule has 1 aromatic heterocycles. The van der Waals surface area contributed by atoms with Gasteiger partial charge in [-0.25, -0.2) is 4.98 Å². The summed E-state index contributed by atoms with van der Waals surface area (Å²) >= 11 is 0. The lowest BCUT2D eigenvalue weighted by molar-refractivity contribution is -0.142. The number of hydrogen-bond acceptors (Lipinski definition) is 6. The monoisotopic (exact) mass is 468 g/mol. The van der Waals surface area contributed by atoms with Crippen molar-refractivity contribution in [2.75, 3.05) is 7.11 Å². The van der Waals surface area contributed by atoms with Gasteiger partial charge in [-0.3, -0.25) is 14.6 Å². The zero-order valence-electron chi connectivity index (χ0n) is 20.0. The first-order valence-corrected chi connectivity index (χ1v) is 11.3. The second-order valence-corrected chi connectivity index (χ2v) is 9.03. The average molecular weight is 469 g/mol. The van der Waals surface area contributed by atoms with Crippen LogP contribution in [0.4, 0.5) is 5.69 Å². The molecule has 7 heteroatoms. The van der Waals surface area contributed by atoms with Gasteiger partial charge >= 0.3 is 5.97 Å². The molecule has 1 heterocycles. The molecule has 4 rings (SSSR count). The van der Waals surface area contributed by atoms with Gasteiger partial charge in [0.1, 0.15) is 6.04 Å². The van der Waals surface area contributed by atoms with Crippen LogP contribution in [-0.4, -0.2) is 41.1 Å². The number of aromatic amines is 1. The number of nitrogens with one attached hydrogen (secondary N) is 1. The molecule has 178 valence electrons. The van der Waals surface area contributed by atoms with Crippen molar-refractivity contribution in [3.8, 4) is 11.1 Å². The Kier molecular flexibility index (Phi) is 6.89. The van der Waals surface area contributed by atoms with Crippen molar-refractivity contribution in [3.05, 3.63) is 84.4 Å². The number of H-pyrrole nitrogens is 1. The van der Waals surface area contributed by atoms with E-state index in [4.69, 9.17) is 15.5 Å². The molecule has 3 aromatic carbocycles. The first kappa shape index (κ1) is 24.0. The Morgan fingerprint density at radius 2 is 1.86 bits per heavy atom. The maximum absolute atomic E-state index is 14.0. The van der Waals surface area contributed by atoms with Crippen molar-refractivity contribution in [1.29, 1.82) is 0 Å². The van der Waals surface area contributed by atoms with Crippen LogP contribution in [0.5, 0.6) is 0 Å². The molecule has 1 atom stereocenters. The number of methoxy groups -OCH3 is 1. The lowest BCUT2D eigenvalue weighted by Crippen LogP contribution is -2.39. The molecule has 0 bridgehead atoms. The van der Waals surface area contributed by atoms with Crippen LogP contribution >= 0.6 is 0 Å². The lowest BCUT2D eigenvalue weighted by atomic mass is 9.77. The Labute approximate surface area is 204 Å². The number of nitrogens with two attached hydrogens (primary N) is 1. The Hall–Kier alpha value is -4.10. The van der Waals surface area contributed by atoms with Crippen LogP contribution in [0.1, 0.15) is 36.3 Å². The molecule has 3 N–H and O–H groups in total. The molecule has 0 radical (unpaired) electrons. The highest BCUT2D eigenvalue weighted by molar-refractivity contribution is 6.11. The van der Waals surface area contributed by atoms with E-state index >= 15 is 0 Å². The molecule has 0 fully saturated rings. The van der Waals surface area contributed by atoms with Gasteiger partial charge < -0.3 is 15.5 Å². The highest BCUT2D eigenvalue weighted by atomic mass is 16.5. The Balaban J connectivity index is 1.88. The fourth-order valence-electron chi connectivity index (χ4n) is 4.28. The fraction of sp³-hybridized carbons (Fsp3) is 0.214. The van der Waals surface area contributed by atoms with Crippen LogP contribution in [-0.2, 0) is 9.53 Å². The maximum atomic E-state index is 14.0. The van der Waals surface area contributed by atoms with Crippen molar-refractivity contribution in [3.63, 3.8) is 0 Å². The van der Waals surface area contributed by atoms with Crippen molar-refractivity contribution in [2.45, 2.75) is 26.3 Å². The van der Waals surface area contributed by atoms with E-state index in [1.807, 2.05) is 54.6 Å². The number of ether oxygens (including phenoxy) is 1. The van der Waals surface area contributed by atoms with Gasteiger partial charge in [-0.1, -0.05) is 68.4 Å². The number of ketones is 1. The van der Waals surface area contributed by atoms with E-state index in [0.29, 0.717) is 16.9 Å². The number of carbonyl (C=O) groups excluding carboxylic acids is 2. The van der Waals surface area contributed by atoms with E-state index < -0.39 is 17.4 Å². The van der Waals surface area contributed by atoms with E-state index in [1.165, 1.54) is 7.11 Å². The molecular formula is C28H28N4O3. The first-order valence-electron chi connectivity index (χ1n) is 11.3. The molecule has 0 aliphatic rings. The fourth-order valence-corrected chi connectivity index (χ4v) is 4.28. The zero-order valence-corrected chi connectivity index (χ0v) is 20.0. The van der Waals surface area contributed by atoms with Crippen LogP contribution < -0.4 is 5.73 Å². The van der Waals surface area contributed by atoms with E-state index in [1.54, 1.807) is 38.7 Å². The first-order chi connectivity index (χ1) is 16.8. The molecule has 0 unspecified atom stereocenters. The van der Waals surface area contributed by atoms with E-state index in [2.05, 4.69) is 9.97 Å². The summed E-state index contributed by atoms with van der Waals surface area (Å²) in [7, 11) is 1.29. The molecular weight excluding hydrogens is 440 g/mol. The van der Waals surface area contributed by atoms with Crippen LogP contribution in [0, 0.1) is 5.41 Å². The normalized spacial score (nSPS) is 12.7. The SMILES string of the molecule is COC(=O)[C@@H](N)CC(C)(C)C(=O)c1cccc(N=Cc2c[nH]cn2)c1-c1cccc2ccccc12. The summed E-state index contributed by atoms with van der Waals surface area (Å²) in [6.07, 6.45) is 5.13. The third-order valence-electron chi connectivity index (χ3n) is 6.05. The van der Waals surface area contributed by atoms with Crippen molar-refractivity contribution >= 4 is 34.4 Å². The molecule has 0 aliphatic heterocycles. The summed E-state index contributed by atoms with van der Waals surface area (Å²) < 4.78 is 4.77. The summed E-state index contributed by atoms with van der Waals surface area (Å²) in [6, 6.07) is 18.6. The Bertz CT molecular complexity index is 1390. The number of rotatable bonds is 8. The van der Waals surface area contributed by atoms with E-state index in [9.17, 15) is 9.59 Å². The molecule has 4 aromatic rings. The number of benzene rings is 3. The van der Waals surface area contributed by atoms with Gasteiger partial charge in [0.2, 0.25) is 0 Å². The highest BCUT2D eigenvalue weighted by Crippen LogP contribution is 2.41. The number of esters is 1. The van der Waals surface area contributed by atoms with Gasteiger partial charge in [0.05, 0.1) is 31.0 Å². The largest absolute Gasteiger partial charge is 0.468 e. The number of aliphatic imine (C=N–C) groups is 1. The van der Waals surface area contributed by atoms with Crippen molar-refractivity contribution in [2.24, 2.45) is 16.1 Å². The van der Waals surface area contributed by atoms with Crippen molar-refractivity contribution < 1.29 is 14.3 Å². The third-order valence-corrected chi connectivity index (χ3v) is 6.05. The van der Waals surface area contributed by atoms with E-state index in [-0.39, 0.29) is 12.2 Å². The zero-order chi connectivity index (χ0) is 25.0. The lowest BCUT2D eigenvalue weighted by Gasteiger charge is -2.27. The topological polar surface area (TPSA) is 110 Å². The minimum absolute atomic E-state index is 0.128. The summed E-state index contributed by atoms with van der Waals surface area (Å²) in [6.45, 7) is 3.59. The molecule has 0 saturated heterocycles. The van der Waals surface area contributed by atoms with E-state index in [0.717, 1.165) is 21.9 Å². The van der Waals surface area contributed by atoms with Gasteiger partial charge in [0, 0.05) is 22.7 Å². The van der Waals surface area contributed by atoms with Crippen LogP contribution in [0.2, 0.25) is 0 Å². The number of nitrogens with zero attached hydrogens (tertiary/aromatic N) is 2. The summed E-state index contributed by atoms with van der Waals surface area (Å²) in [4.78, 5) is 37.7. The van der Waals surface area contributed by atoms with Crippen LogP contribution in [0.3, 0.4) is 0 Å². The molecule has 0 amide bonds. The van der Waals surface area contributed by atoms with Gasteiger partial charge in [0.15, 0.2) is 5.78 Å². The molecule has 0 saturated carbocycles. The average Bonchev–Trinajstić information content (AvgIpc) is 3.39. The van der Waals surface area contributed by atoms with Gasteiger partial charge in [-0.15, -0.1) is 0 Å². The van der Waals surface area contributed by atoms with Gasteiger partial charge in [0.25, 0.3) is 0 Å².